The number of aromatic amines is 1. The molecule has 0 amide bonds. The summed E-state index contributed by atoms with van der Waals surface area (Å²) in [7, 11) is 0. The van der Waals surface area contributed by atoms with Gasteiger partial charge < -0.3 is 10.7 Å². The number of rotatable bonds is 2. The second-order valence-corrected chi connectivity index (χ2v) is 5.51. The highest BCUT2D eigenvalue weighted by Crippen LogP contribution is 2.33. The zero-order chi connectivity index (χ0) is 13.5. The summed E-state index contributed by atoms with van der Waals surface area (Å²) >= 11 is 0. The number of hydrogen-bond acceptors (Lipinski definition) is 2. The van der Waals surface area contributed by atoms with Crippen LogP contribution in [0.2, 0.25) is 0 Å². The predicted octanol–water partition coefficient (Wildman–Crippen LogP) is 2.90. The first-order valence-electron chi connectivity index (χ1n) is 7.09. The molecular formula is C17H17N3. The molecule has 1 aliphatic rings. The highest BCUT2D eigenvalue weighted by atomic mass is 14.9. The smallest absolute Gasteiger partial charge is 0.111 e. The summed E-state index contributed by atoms with van der Waals surface area (Å²) in [5.41, 5.74) is 11.9. The van der Waals surface area contributed by atoms with E-state index in [2.05, 4.69) is 41.4 Å². The third-order valence-corrected chi connectivity index (χ3v) is 4.27. The lowest BCUT2D eigenvalue weighted by Crippen LogP contribution is -2.00. The monoisotopic (exact) mass is 263 g/mol. The zero-order valence-electron chi connectivity index (χ0n) is 11.3. The first kappa shape index (κ1) is 11.7. The SMILES string of the molecule is NCc1cccc2[nH]c(C3Cc4ccccc4C3)nc12. The Morgan fingerprint density at radius 2 is 1.80 bits per heavy atom. The van der Waals surface area contributed by atoms with Gasteiger partial charge in [-0.3, -0.25) is 0 Å². The Morgan fingerprint density at radius 3 is 2.50 bits per heavy atom. The highest BCUT2D eigenvalue weighted by molar-refractivity contribution is 5.79. The number of nitrogens with two attached hydrogens (primary N) is 1. The predicted molar refractivity (Wildman–Crippen MR) is 80.6 cm³/mol. The van der Waals surface area contributed by atoms with Crippen LogP contribution in [0.15, 0.2) is 42.5 Å². The van der Waals surface area contributed by atoms with Gasteiger partial charge in [0.2, 0.25) is 0 Å². The van der Waals surface area contributed by atoms with Crippen LogP contribution in [-0.2, 0) is 19.4 Å². The van der Waals surface area contributed by atoms with Crippen molar-refractivity contribution >= 4 is 11.0 Å². The van der Waals surface area contributed by atoms with E-state index in [1.54, 1.807) is 0 Å². The van der Waals surface area contributed by atoms with Gasteiger partial charge in [0.1, 0.15) is 5.82 Å². The minimum Gasteiger partial charge on any atom is -0.342 e. The average Bonchev–Trinajstić information content (AvgIpc) is 3.09. The summed E-state index contributed by atoms with van der Waals surface area (Å²) in [5, 5.41) is 0. The van der Waals surface area contributed by atoms with Crippen LogP contribution >= 0.6 is 0 Å². The second-order valence-electron chi connectivity index (χ2n) is 5.51. The summed E-state index contributed by atoms with van der Waals surface area (Å²) in [6.07, 6.45) is 2.15. The Morgan fingerprint density at radius 1 is 1.05 bits per heavy atom. The fourth-order valence-electron chi connectivity index (χ4n) is 3.22. The van der Waals surface area contributed by atoms with Crippen molar-refractivity contribution in [2.45, 2.75) is 25.3 Å². The minimum absolute atomic E-state index is 0.463. The third-order valence-electron chi connectivity index (χ3n) is 4.27. The van der Waals surface area contributed by atoms with E-state index >= 15 is 0 Å². The molecule has 3 N–H and O–H groups in total. The average molecular weight is 263 g/mol. The number of aromatic nitrogens is 2. The van der Waals surface area contributed by atoms with E-state index in [0.29, 0.717) is 12.5 Å². The molecule has 0 saturated carbocycles. The number of para-hydroxylation sites is 1. The molecule has 0 radical (unpaired) electrons. The quantitative estimate of drug-likeness (QED) is 0.747. The van der Waals surface area contributed by atoms with Gasteiger partial charge in [0.25, 0.3) is 0 Å². The van der Waals surface area contributed by atoms with Gasteiger partial charge in [-0.15, -0.1) is 0 Å². The fourth-order valence-corrected chi connectivity index (χ4v) is 3.22. The van der Waals surface area contributed by atoms with E-state index < -0.39 is 0 Å². The Hall–Kier alpha value is -2.13. The third kappa shape index (κ3) is 1.74. The summed E-state index contributed by atoms with van der Waals surface area (Å²) in [6, 6.07) is 14.9. The molecule has 100 valence electrons. The van der Waals surface area contributed by atoms with Gasteiger partial charge >= 0.3 is 0 Å². The molecule has 2 aromatic carbocycles. The van der Waals surface area contributed by atoms with Crippen molar-refractivity contribution in [2.75, 3.05) is 0 Å². The number of nitrogens with zero attached hydrogens (tertiary/aromatic N) is 1. The van der Waals surface area contributed by atoms with Gasteiger partial charge in [-0.25, -0.2) is 4.98 Å². The van der Waals surface area contributed by atoms with Crippen molar-refractivity contribution in [3.05, 3.63) is 65.0 Å². The van der Waals surface area contributed by atoms with Crippen LogP contribution in [0.25, 0.3) is 11.0 Å². The van der Waals surface area contributed by atoms with Crippen LogP contribution in [-0.4, -0.2) is 9.97 Å². The van der Waals surface area contributed by atoms with Crippen molar-refractivity contribution in [3.8, 4) is 0 Å². The van der Waals surface area contributed by atoms with Gasteiger partial charge in [0.15, 0.2) is 0 Å². The first-order valence-corrected chi connectivity index (χ1v) is 7.09. The molecule has 1 aromatic heterocycles. The molecule has 0 spiro atoms. The summed E-state index contributed by atoms with van der Waals surface area (Å²) in [6.45, 7) is 0.534. The minimum atomic E-state index is 0.463. The molecule has 0 fully saturated rings. The van der Waals surface area contributed by atoms with Crippen molar-refractivity contribution < 1.29 is 0 Å². The highest BCUT2D eigenvalue weighted by Gasteiger charge is 2.25. The van der Waals surface area contributed by atoms with Gasteiger partial charge in [-0.2, -0.15) is 0 Å². The van der Waals surface area contributed by atoms with Crippen molar-refractivity contribution in [2.24, 2.45) is 5.73 Å². The zero-order valence-corrected chi connectivity index (χ0v) is 11.3. The number of hydrogen-bond donors (Lipinski definition) is 2. The summed E-state index contributed by atoms with van der Waals surface area (Å²) < 4.78 is 0. The van der Waals surface area contributed by atoms with Gasteiger partial charge in [-0.1, -0.05) is 36.4 Å². The van der Waals surface area contributed by atoms with Gasteiger partial charge in [0, 0.05) is 12.5 Å². The molecule has 3 heteroatoms. The lowest BCUT2D eigenvalue weighted by Gasteiger charge is -2.03. The maximum Gasteiger partial charge on any atom is 0.111 e. The molecule has 0 atom stereocenters. The van der Waals surface area contributed by atoms with Crippen molar-refractivity contribution in [1.29, 1.82) is 0 Å². The van der Waals surface area contributed by atoms with Gasteiger partial charge in [0.05, 0.1) is 11.0 Å². The summed E-state index contributed by atoms with van der Waals surface area (Å²) in [4.78, 5) is 8.29. The molecule has 0 saturated heterocycles. The molecule has 0 bridgehead atoms. The van der Waals surface area contributed by atoms with Crippen LogP contribution in [0.1, 0.15) is 28.4 Å². The van der Waals surface area contributed by atoms with E-state index in [9.17, 15) is 0 Å². The lowest BCUT2D eigenvalue weighted by atomic mass is 10.1. The molecule has 0 unspecified atom stereocenters. The molecule has 3 aromatic rings. The maximum absolute atomic E-state index is 5.79. The van der Waals surface area contributed by atoms with Crippen LogP contribution in [0, 0.1) is 0 Å². The normalized spacial score (nSPS) is 14.8. The first-order chi connectivity index (χ1) is 9.85. The molecule has 4 rings (SSSR count). The van der Waals surface area contributed by atoms with E-state index in [-0.39, 0.29) is 0 Å². The number of benzene rings is 2. The van der Waals surface area contributed by atoms with Crippen molar-refractivity contribution in [3.63, 3.8) is 0 Å². The molecule has 1 heterocycles. The van der Waals surface area contributed by atoms with Crippen LogP contribution < -0.4 is 5.73 Å². The molecule has 1 aliphatic carbocycles. The standard InChI is InChI=1S/C17H17N3/c18-10-13-6-3-7-15-16(13)20-17(19-15)14-8-11-4-1-2-5-12(11)9-14/h1-7,14H,8-10,18H2,(H,19,20). The van der Waals surface area contributed by atoms with Crippen LogP contribution in [0.5, 0.6) is 0 Å². The Kier molecular flexibility index (Phi) is 2.60. The second kappa shape index (κ2) is 4.46. The van der Waals surface area contributed by atoms with E-state index in [1.165, 1.54) is 11.1 Å². The Bertz CT molecular complexity index is 748. The van der Waals surface area contributed by atoms with Crippen LogP contribution in [0.4, 0.5) is 0 Å². The van der Waals surface area contributed by atoms with E-state index in [4.69, 9.17) is 10.7 Å². The number of nitrogens with one attached hydrogen (secondary N) is 1. The number of imidazole rings is 1. The van der Waals surface area contributed by atoms with E-state index in [1.807, 2.05) is 6.07 Å². The summed E-state index contributed by atoms with van der Waals surface area (Å²) in [5.74, 6) is 1.56. The fraction of sp³-hybridized carbons (Fsp3) is 0.235. The number of fused-ring (bicyclic) bond motifs is 2. The van der Waals surface area contributed by atoms with Crippen molar-refractivity contribution in [1.82, 2.24) is 9.97 Å². The topological polar surface area (TPSA) is 54.7 Å². The van der Waals surface area contributed by atoms with Crippen LogP contribution in [0.3, 0.4) is 0 Å². The number of H-pyrrole nitrogens is 1. The molecule has 3 nitrogen and oxygen atoms in total. The molecule has 0 aliphatic heterocycles. The largest absolute Gasteiger partial charge is 0.342 e. The Labute approximate surface area is 117 Å². The molecule has 20 heavy (non-hydrogen) atoms. The molecular weight excluding hydrogens is 246 g/mol. The van der Waals surface area contributed by atoms with Gasteiger partial charge in [-0.05, 0) is 35.6 Å². The Balaban J connectivity index is 1.74. The maximum atomic E-state index is 5.79. The van der Waals surface area contributed by atoms with E-state index in [0.717, 1.165) is 35.3 Å². The lowest BCUT2D eigenvalue weighted by molar-refractivity contribution is 0.696.